The van der Waals surface area contributed by atoms with Gasteiger partial charge in [-0.1, -0.05) is 127 Å². The van der Waals surface area contributed by atoms with Crippen molar-refractivity contribution in [3.8, 4) is 22.3 Å². The lowest BCUT2D eigenvalue weighted by atomic mass is 9.84. The first-order valence-electron chi connectivity index (χ1n) is 15.5. The van der Waals surface area contributed by atoms with Crippen LogP contribution in [-0.4, -0.2) is 0 Å². The van der Waals surface area contributed by atoms with Crippen molar-refractivity contribution in [2.75, 3.05) is 0 Å². The number of thiophene rings is 1. The Kier molecular flexibility index (Phi) is 5.25. The number of hydrogen-bond acceptors (Lipinski definition) is 1. The van der Waals surface area contributed by atoms with Crippen molar-refractivity contribution >= 4 is 85.4 Å². The van der Waals surface area contributed by atoms with E-state index in [1.54, 1.807) is 0 Å². The quantitative estimate of drug-likeness (QED) is 0.177. The van der Waals surface area contributed by atoms with Crippen LogP contribution in [0.25, 0.3) is 96.3 Å². The monoisotopic (exact) mass is 586 g/mol. The van der Waals surface area contributed by atoms with Gasteiger partial charge in [0.25, 0.3) is 0 Å². The lowest BCUT2D eigenvalue weighted by Crippen LogP contribution is -1.91. The van der Waals surface area contributed by atoms with Crippen LogP contribution >= 0.6 is 11.3 Å². The highest BCUT2D eigenvalue weighted by Gasteiger charge is 2.20. The predicted octanol–water partition coefficient (Wildman–Crippen LogP) is 13.2. The van der Waals surface area contributed by atoms with Crippen LogP contribution in [0.4, 0.5) is 0 Å². The highest BCUT2D eigenvalue weighted by molar-refractivity contribution is 7.26. The van der Waals surface area contributed by atoms with Gasteiger partial charge in [-0.3, -0.25) is 0 Å². The molecule has 45 heavy (non-hydrogen) atoms. The fraction of sp³-hybridized carbons (Fsp3) is 0. The second-order valence-electron chi connectivity index (χ2n) is 12.1. The van der Waals surface area contributed by atoms with Crippen molar-refractivity contribution in [1.82, 2.24) is 0 Å². The van der Waals surface area contributed by atoms with E-state index < -0.39 is 0 Å². The molecule has 9 aromatic carbocycles. The molecule has 0 aliphatic carbocycles. The molecule has 0 spiro atoms. The van der Waals surface area contributed by atoms with Gasteiger partial charge in [0, 0.05) is 20.2 Å². The van der Waals surface area contributed by atoms with E-state index in [0.29, 0.717) is 0 Å². The molecule has 1 aromatic heterocycles. The summed E-state index contributed by atoms with van der Waals surface area (Å²) < 4.78 is 2.67. The number of fused-ring (bicyclic) bond motifs is 9. The van der Waals surface area contributed by atoms with Crippen LogP contribution in [0.15, 0.2) is 158 Å². The molecule has 0 fully saturated rings. The molecule has 0 amide bonds. The Morgan fingerprint density at radius 1 is 0.289 bits per heavy atom. The van der Waals surface area contributed by atoms with Gasteiger partial charge in [0.15, 0.2) is 0 Å². The first-order chi connectivity index (χ1) is 22.3. The molecular formula is C44H26S. The summed E-state index contributed by atoms with van der Waals surface area (Å²) in [5, 5.41) is 15.5. The predicted molar refractivity (Wildman–Crippen MR) is 198 cm³/mol. The second-order valence-corrected chi connectivity index (χ2v) is 13.2. The normalized spacial score (nSPS) is 12.0. The summed E-state index contributed by atoms with van der Waals surface area (Å²) in [4.78, 5) is 0. The van der Waals surface area contributed by atoms with E-state index in [1.165, 1.54) is 96.3 Å². The highest BCUT2D eigenvalue weighted by Crippen LogP contribution is 2.48. The minimum atomic E-state index is 1.25. The molecule has 0 bridgehead atoms. The van der Waals surface area contributed by atoms with Crippen LogP contribution in [0, 0.1) is 0 Å². The summed E-state index contributed by atoms with van der Waals surface area (Å²) in [7, 11) is 0. The zero-order valence-corrected chi connectivity index (χ0v) is 25.2. The first kappa shape index (κ1) is 24.9. The fourth-order valence-electron chi connectivity index (χ4n) is 7.53. The maximum Gasteiger partial charge on any atom is 0.0362 e. The molecule has 1 heterocycles. The minimum absolute atomic E-state index is 1.25. The van der Waals surface area contributed by atoms with Crippen molar-refractivity contribution < 1.29 is 0 Å². The lowest BCUT2D eigenvalue weighted by Gasteiger charge is -2.19. The molecule has 208 valence electrons. The van der Waals surface area contributed by atoms with E-state index in [-0.39, 0.29) is 0 Å². The molecule has 0 radical (unpaired) electrons. The second kappa shape index (κ2) is 9.50. The van der Waals surface area contributed by atoms with Gasteiger partial charge in [0.2, 0.25) is 0 Å². The van der Waals surface area contributed by atoms with E-state index in [1.807, 2.05) is 11.3 Å². The van der Waals surface area contributed by atoms with Crippen molar-refractivity contribution in [2.45, 2.75) is 0 Å². The summed E-state index contributed by atoms with van der Waals surface area (Å²) in [6, 6.07) is 58.6. The van der Waals surface area contributed by atoms with Gasteiger partial charge < -0.3 is 0 Å². The number of rotatable bonds is 2. The van der Waals surface area contributed by atoms with Crippen molar-refractivity contribution in [1.29, 1.82) is 0 Å². The maximum atomic E-state index is 2.50. The Hall–Kier alpha value is -5.50. The molecule has 0 nitrogen and oxygen atoms in total. The summed E-state index contributed by atoms with van der Waals surface area (Å²) in [5.41, 5.74) is 5.12. The molecule has 0 aliphatic rings. The van der Waals surface area contributed by atoms with Gasteiger partial charge in [-0.25, -0.2) is 0 Å². The molecule has 0 aliphatic heterocycles. The molecule has 0 saturated heterocycles. The molecule has 10 aromatic rings. The average molecular weight is 587 g/mol. The molecule has 0 unspecified atom stereocenters. The minimum Gasteiger partial charge on any atom is -0.135 e. The van der Waals surface area contributed by atoms with Crippen LogP contribution in [0.5, 0.6) is 0 Å². The molecule has 0 N–H and O–H groups in total. The van der Waals surface area contributed by atoms with E-state index in [2.05, 4.69) is 158 Å². The first-order valence-corrected chi connectivity index (χ1v) is 16.3. The molecular weight excluding hydrogens is 561 g/mol. The summed E-state index contributed by atoms with van der Waals surface area (Å²) in [6.45, 7) is 0. The van der Waals surface area contributed by atoms with Gasteiger partial charge in [-0.2, -0.15) is 0 Å². The smallest absolute Gasteiger partial charge is 0.0362 e. The van der Waals surface area contributed by atoms with E-state index in [4.69, 9.17) is 0 Å². The SMILES string of the molecule is c1ccc2cc(-c3c4ccccc4c(-c4ccc5ccccc5c4)c4cc5c(cc34)sc3ccc4ccccc4c35)ccc2c1. The fourth-order valence-corrected chi connectivity index (χ4v) is 8.67. The topological polar surface area (TPSA) is 0 Å². The Bertz CT molecular complexity index is 2820. The lowest BCUT2D eigenvalue weighted by molar-refractivity contribution is 1.69. The Morgan fingerprint density at radius 2 is 0.778 bits per heavy atom. The summed E-state index contributed by atoms with van der Waals surface area (Å²) in [5.74, 6) is 0. The summed E-state index contributed by atoms with van der Waals surface area (Å²) in [6.07, 6.45) is 0. The van der Waals surface area contributed by atoms with Crippen molar-refractivity contribution in [3.05, 3.63) is 158 Å². The van der Waals surface area contributed by atoms with Crippen molar-refractivity contribution in [2.24, 2.45) is 0 Å². The van der Waals surface area contributed by atoms with Gasteiger partial charge >= 0.3 is 0 Å². The van der Waals surface area contributed by atoms with Gasteiger partial charge in [-0.05, 0) is 106 Å². The third-order valence-electron chi connectivity index (χ3n) is 9.58. The molecule has 0 saturated carbocycles. The van der Waals surface area contributed by atoms with Gasteiger partial charge in [0.1, 0.15) is 0 Å². The largest absolute Gasteiger partial charge is 0.135 e. The van der Waals surface area contributed by atoms with Crippen LogP contribution < -0.4 is 0 Å². The van der Waals surface area contributed by atoms with E-state index >= 15 is 0 Å². The van der Waals surface area contributed by atoms with Crippen LogP contribution in [-0.2, 0) is 0 Å². The zero-order chi connectivity index (χ0) is 29.5. The highest BCUT2D eigenvalue weighted by atomic mass is 32.1. The van der Waals surface area contributed by atoms with Gasteiger partial charge in [-0.15, -0.1) is 11.3 Å². The number of hydrogen-bond donors (Lipinski definition) is 0. The average Bonchev–Trinajstić information content (AvgIpc) is 3.47. The standard InChI is InChI=1S/C44H26S/c1-3-12-30-23-32(19-17-27(30)9-1)42-35-15-7-8-16-36(35)43(33-20-18-28-10-2-4-13-31(28)24-33)38-26-41-39(25-37(38)42)44-34-14-6-5-11-29(34)21-22-40(44)45-41/h1-26H. The van der Waals surface area contributed by atoms with E-state index in [9.17, 15) is 0 Å². The molecule has 0 atom stereocenters. The Morgan fingerprint density at radius 3 is 1.40 bits per heavy atom. The molecule has 10 rings (SSSR count). The van der Waals surface area contributed by atoms with Crippen LogP contribution in [0.1, 0.15) is 0 Å². The zero-order valence-electron chi connectivity index (χ0n) is 24.4. The van der Waals surface area contributed by atoms with Crippen LogP contribution in [0.3, 0.4) is 0 Å². The Balaban J connectivity index is 1.42. The summed E-state index contributed by atoms with van der Waals surface area (Å²) >= 11 is 1.91. The van der Waals surface area contributed by atoms with E-state index in [0.717, 1.165) is 0 Å². The molecule has 1 heteroatoms. The van der Waals surface area contributed by atoms with Crippen molar-refractivity contribution in [3.63, 3.8) is 0 Å². The Labute approximate surface area is 264 Å². The van der Waals surface area contributed by atoms with Gasteiger partial charge in [0.05, 0.1) is 0 Å². The van der Waals surface area contributed by atoms with Crippen LogP contribution in [0.2, 0.25) is 0 Å². The number of benzene rings is 9. The third kappa shape index (κ3) is 3.72. The third-order valence-corrected chi connectivity index (χ3v) is 10.7. The maximum absolute atomic E-state index is 2.50.